The Balaban J connectivity index is 1.08. The average Bonchev–Trinajstić information content (AvgIpc) is 3.71. The lowest BCUT2D eigenvalue weighted by molar-refractivity contribution is -0.137. The summed E-state index contributed by atoms with van der Waals surface area (Å²) in [7, 11) is 1.47. The number of nitrogens with one attached hydrogen (secondary N) is 1. The molecule has 2 amide bonds. The monoisotopic (exact) mass is 835 g/mol. The van der Waals surface area contributed by atoms with Gasteiger partial charge >= 0.3 is 6.18 Å². The van der Waals surface area contributed by atoms with E-state index in [4.69, 9.17) is 26.1 Å². The summed E-state index contributed by atoms with van der Waals surface area (Å²) in [6, 6.07) is 2.66. The van der Waals surface area contributed by atoms with Gasteiger partial charge in [0.15, 0.2) is 23.1 Å². The first-order valence-corrected chi connectivity index (χ1v) is 19.7. The molecule has 1 N–H and O–H groups in total. The number of fused-ring (bicyclic) bond motifs is 1. The molecule has 0 atom stereocenters. The maximum atomic E-state index is 14.4. The molecule has 2 fully saturated rings. The number of halogens is 4. The smallest absolute Gasteiger partial charge is 0.416 e. The summed E-state index contributed by atoms with van der Waals surface area (Å²) in [6.45, 7) is 5.80. The van der Waals surface area contributed by atoms with Crippen LogP contribution in [-0.4, -0.2) is 102 Å². The fourth-order valence-electron chi connectivity index (χ4n) is 7.43. The zero-order valence-electron chi connectivity index (χ0n) is 32.6. The van der Waals surface area contributed by atoms with E-state index in [1.165, 1.54) is 24.5 Å². The molecule has 1 saturated carbocycles. The number of carbonyl (C=O) groups is 2. The number of rotatable bonds is 11. The van der Waals surface area contributed by atoms with Gasteiger partial charge in [0.25, 0.3) is 11.5 Å². The van der Waals surface area contributed by atoms with Crippen LogP contribution < -0.4 is 20.5 Å². The zero-order valence-corrected chi connectivity index (χ0v) is 33.3. The van der Waals surface area contributed by atoms with Crippen LogP contribution in [0.25, 0.3) is 22.7 Å². The molecule has 5 aromatic rings. The van der Waals surface area contributed by atoms with Crippen LogP contribution in [0.4, 0.5) is 24.5 Å². The Hall–Kier alpha value is -5.82. The number of hydrogen-bond donors (Lipinski definition) is 1. The van der Waals surface area contributed by atoms with Crippen LogP contribution >= 0.6 is 11.6 Å². The van der Waals surface area contributed by atoms with Crippen molar-refractivity contribution in [3.63, 3.8) is 0 Å². The zero-order chi connectivity index (χ0) is 41.6. The molecular weight excluding hydrogens is 795 g/mol. The van der Waals surface area contributed by atoms with Crippen LogP contribution in [0.15, 0.2) is 41.5 Å². The van der Waals surface area contributed by atoms with Crippen LogP contribution in [0.2, 0.25) is 5.02 Å². The highest BCUT2D eigenvalue weighted by Crippen LogP contribution is 2.35. The van der Waals surface area contributed by atoms with E-state index < -0.39 is 23.2 Å². The molecule has 0 radical (unpaired) electrons. The van der Waals surface area contributed by atoms with E-state index in [1.54, 1.807) is 22.6 Å². The van der Waals surface area contributed by atoms with E-state index in [2.05, 4.69) is 25.5 Å². The fourth-order valence-corrected chi connectivity index (χ4v) is 7.66. The first-order valence-electron chi connectivity index (χ1n) is 19.3. The molecule has 2 aliphatic heterocycles. The third kappa shape index (κ3) is 8.12. The van der Waals surface area contributed by atoms with Crippen molar-refractivity contribution in [3.05, 3.63) is 80.5 Å². The molecule has 1 aliphatic carbocycles. The Kier molecular flexibility index (Phi) is 10.9. The first kappa shape index (κ1) is 40.0. The maximum Gasteiger partial charge on any atom is 0.416 e. The van der Waals surface area contributed by atoms with Gasteiger partial charge in [0, 0.05) is 38.9 Å². The average molecular weight is 836 g/mol. The summed E-state index contributed by atoms with van der Waals surface area (Å²) in [6.07, 6.45) is 3.97. The molecular formula is C39H41ClF3N11O5. The second-order valence-electron chi connectivity index (χ2n) is 14.7. The number of anilines is 2. The van der Waals surface area contributed by atoms with Crippen molar-refractivity contribution in [3.8, 4) is 17.1 Å². The molecule has 4 aromatic heterocycles. The van der Waals surface area contributed by atoms with Crippen LogP contribution in [0.1, 0.15) is 59.5 Å². The highest BCUT2D eigenvalue weighted by Gasteiger charge is 2.33. The fraction of sp³-hybridized carbons (Fsp3) is 0.436. The molecule has 59 heavy (non-hydrogen) atoms. The van der Waals surface area contributed by atoms with Crippen LogP contribution in [-0.2, 0) is 35.2 Å². The minimum atomic E-state index is -4.62. The number of ether oxygens (including phenoxy) is 2. The van der Waals surface area contributed by atoms with Crippen LogP contribution in [0, 0.1) is 12.8 Å². The van der Waals surface area contributed by atoms with Gasteiger partial charge in [-0.15, -0.1) is 5.10 Å². The van der Waals surface area contributed by atoms with Gasteiger partial charge in [0.2, 0.25) is 11.7 Å². The summed E-state index contributed by atoms with van der Waals surface area (Å²) in [4.78, 5) is 59.7. The molecule has 3 aliphatic rings. The van der Waals surface area contributed by atoms with Crippen molar-refractivity contribution in [1.82, 2.24) is 43.8 Å². The van der Waals surface area contributed by atoms with Crippen LogP contribution in [0.3, 0.4) is 0 Å². The van der Waals surface area contributed by atoms with E-state index in [-0.39, 0.29) is 72.2 Å². The van der Waals surface area contributed by atoms with E-state index in [1.807, 2.05) is 28.8 Å². The molecule has 16 nitrogen and oxygen atoms in total. The van der Waals surface area contributed by atoms with Crippen molar-refractivity contribution >= 4 is 46.1 Å². The highest BCUT2D eigenvalue weighted by atomic mass is 35.5. The van der Waals surface area contributed by atoms with Crippen molar-refractivity contribution < 1.29 is 32.2 Å². The number of aryl methyl sites for hydroxylation is 1. The van der Waals surface area contributed by atoms with E-state index in [0.717, 1.165) is 30.3 Å². The molecule has 0 unspecified atom stereocenters. The number of methoxy groups -OCH3 is 1. The van der Waals surface area contributed by atoms with Crippen molar-refractivity contribution in [2.45, 2.75) is 58.8 Å². The van der Waals surface area contributed by atoms with Crippen molar-refractivity contribution in [2.24, 2.45) is 5.92 Å². The van der Waals surface area contributed by atoms with Crippen LogP contribution in [0.5, 0.6) is 5.75 Å². The summed E-state index contributed by atoms with van der Waals surface area (Å²) in [5.41, 5.74) is 1.44. The standard InChI is InChI=1S/C39H41ClF3N11O5/c1-4-29-32(50-11-13-51(14-12-50)36(56)31-33(58-3)22(2)45-34(47-31)25-18-44-52(20-25)19-23-5-6-23)37(57)54-38(48-35(49-54)24-9-15-59-16-10-24)53(29)21-30(55)46-28-8-7-26(17-27(28)40)39(41,42)43/h7-9,17-18,20,23H,4-6,10-16,19,21H2,1-3H3,(H,46,55). The predicted octanol–water partition coefficient (Wildman–Crippen LogP) is 4.91. The van der Waals surface area contributed by atoms with Gasteiger partial charge in [-0.05, 0) is 62.3 Å². The number of nitrogens with zero attached hydrogens (tertiary/aromatic N) is 10. The summed E-state index contributed by atoms with van der Waals surface area (Å²) in [5.74, 6) is 0.703. The molecule has 1 saturated heterocycles. The van der Waals surface area contributed by atoms with E-state index in [0.29, 0.717) is 60.6 Å². The van der Waals surface area contributed by atoms with Crippen molar-refractivity contribution in [2.75, 3.05) is 56.7 Å². The summed E-state index contributed by atoms with van der Waals surface area (Å²) in [5, 5.41) is 11.4. The number of aromatic nitrogens is 8. The number of carbonyl (C=O) groups excluding carboxylic acids is 2. The van der Waals surface area contributed by atoms with E-state index in [9.17, 15) is 27.6 Å². The quantitative estimate of drug-likeness (QED) is 0.192. The van der Waals surface area contributed by atoms with E-state index >= 15 is 0 Å². The molecule has 0 bridgehead atoms. The van der Waals surface area contributed by atoms with Gasteiger partial charge in [-0.3, -0.25) is 19.1 Å². The number of benzene rings is 1. The van der Waals surface area contributed by atoms with Gasteiger partial charge in [-0.25, -0.2) is 9.97 Å². The Bertz CT molecular complexity index is 2540. The Morgan fingerprint density at radius 1 is 1.08 bits per heavy atom. The third-order valence-corrected chi connectivity index (χ3v) is 11.0. The molecule has 8 rings (SSSR count). The number of amides is 2. The summed E-state index contributed by atoms with van der Waals surface area (Å²) >= 11 is 6.17. The Morgan fingerprint density at radius 3 is 2.53 bits per heavy atom. The maximum absolute atomic E-state index is 14.4. The lowest BCUT2D eigenvalue weighted by Gasteiger charge is -2.36. The number of alkyl halides is 3. The Morgan fingerprint density at radius 2 is 1.86 bits per heavy atom. The normalized spacial score (nSPS) is 16.1. The van der Waals surface area contributed by atoms with Gasteiger partial charge in [-0.2, -0.15) is 27.8 Å². The Labute approximate surface area is 340 Å². The van der Waals surface area contributed by atoms with Gasteiger partial charge < -0.3 is 29.2 Å². The first-order chi connectivity index (χ1) is 28.3. The highest BCUT2D eigenvalue weighted by molar-refractivity contribution is 6.33. The molecule has 20 heteroatoms. The van der Waals surface area contributed by atoms with Gasteiger partial charge in [0.05, 0.1) is 59.7 Å². The van der Waals surface area contributed by atoms with Gasteiger partial charge in [-0.1, -0.05) is 24.6 Å². The van der Waals surface area contributed by atoms with Gasteiger partial charge in [0.1, 0.15) is 12.2 Å². The molecule has 310 valence electrons. The predicted molar refractivity (Wildman–Crippen MR) is 211 cm³/mol. The summed E-state index contributed by atoms with van der Waals surface area (Å²) < 4.78 is 55.6. The second kappa shape index (κ2) is 16.1. The topological polar surface area (TPSA) is 167 Å². The molecule has 1 aromatic carbocycles. The number of piperazine rings is 1. The minimum absolute atomic E-state index is 0.0124. The lowest BCUT2D eigenvalue weighted by atomic mass is 10.1. The largest absolute Gasteiger partial charge is 0.492 e. The SMILES string of the molecule is CCc1c(N2CCN(C(=O)c3nc(-c4cnn(CC5CC5)c4)nc(C)c3OC)CC2)c(=O)n2nc(C3=CCOCC3)nc2n1CC(=O)Nc1ccc(C(F)(F)F)cc1Cl. The lowest BCUT2D eigenvalue weighted by Crippen LogP contribution is -2.51. The molecule has 0 spiro atoms. The van der Waals surface area contributed by atoms with Crippen molar-refractivity contribution in [1.29, 1.82) is 0 Å². The number of hydrogen-bond acceptors (Lipinski definition) is 11. The second-order valence-corrected chi connectivity index (χ2v) is 15.1. The minimum Gasteiger partial charge on any atom is -0.492 e. The third-order valence-electron chi connectivity index (χ3n) is 10.6. The molecule has 6 heterocycles.